The van der Waals surface area contributed by atoms with Gasteiger partial charge >= 0.3 is 0 Å². The van der Waals surface area contributed by atoms with Crippen LogP contribution in [-0.4, -0.2) is 66.5 Å². The molecule has 2 atom stereocenters. The Morgan fingerprint density at radius 1 is 0.608 bits per heavy atom. The fourth-order valence-electron chi connectivity index (χ4n) is 11.0. The van der Waals surface area contributed by atoms with Gasteiger partial charge in [0, 0.05) is 119 Å². The minimum atomic E-state index is -0.453. The van der Waals surface area contributed by atoms with Crippen LogP contribution in [0, 0.1) is 0 Å². The standard InChI is InChI=1S/C31H28N6O2.C17H12N2O3.C14H16N4/c1-36-16-21(33-18-36)17-37-11-10-20-7-6-19(12-28(20)37)14-32-15-27-29(24-4-2-3-5-26(24)34-27)30-25-13-22(38)8-9-23(25)31(39)35-30;20-8-14-15(11-3-1-2-4-13(11)18-14)16-12-7-9(21)5-6-10(12)17(22)19-16;1-17-8-13(16-10-17)9-18-5-4-12-3-2-11(7-15)6-14(12)18/h2-13,16,18,30,32,34,38H,14-15,17H2,1H3,(H,35,39);1-8,16,18,21H,(H,19,22);2-6,8,10H,7,9,15H2,1H3. The smallest absolute Gasteiger partial charge is 0.252 e. The van der Waals surface area contributed by atoms with E-state index < -0.39 is 6.04 Å². The normalized spacial score (nSPS) is 14.5. The number of phenols is 2. The molecule has 0 bridgehead atoms. The summed E-state index contributed by atoms with van der Waals surface area (Å²) in [5.41, 5.74) is 20.1. The molecule has 9 N–H and O–H groups in total. The summed E-state index contributed by atoms with van der Waals surface area (Å²) < 4.78 is 8.36. The molecule has 17 heteroatoms. The molecule has 6 aromatic carbocycles. The van der Waals surface area contributed by atoms with Crippen LogP contribution in [-0.2, 0) is 46.8 Å². The van der Waals surface area contributed by atoms with Crippen molar-refractivity contribution in [2.75, 3.05) is 0 Å². The first-order valence-corrected chi connectivity index (χ1v) is 25.9. The van der Waals surface area contributed by atoms with Crippen molar-refractivity contribution in [3.05, 3.63) is 238 Å². The Kier molecular flexibility index (Phi) is 13.2. The predicted molar refractivity (Wildman–Crippen MR) is 304 cm³/mol. The number of aromatic amines is 2. The highest BCUT2D eigenvalue weighted by atomic mass is 16.3. The zero-order valence-electron chi connectivity index (χ0n) is 43.3. The highest BCUT2D eigenvalue weighted by Gasteiger charge is 2.35. The van der Waals surface area contributed by atoms with Crippen LogP contribution in [0.25, 0.3) is 43.6 Å². The molecule has 2 unspecified atom stereocenters. The summed E-state index contributed by atoms with van der Waals surface area (Å²) in [7, 11) is 3.96. The topological polar surface area (TPSA) is 231 Å². The Morgan fingerprint density at radius 3 is 1.67 bits per heavy atom. The van der Waals surface area contributed by atoms with Crippen LogP contribution in [0.2, 0.25) is 0 Å². The number of amides is 2. The molecule has 2 aliphatic heterocycles. The third-order valence-electron chi connectivity index (χ3n) is 14.8. The minimum absolute atomic E-state index is 0.0905. The number of aromatic hydroxyl groups is 2. The van der Waals surface area contributed by atoms with Gasteiger partial charge < -0.3 is 60.1 Å². The second-order valence-electron chi connectivity index (χ2n) is 20.1. The van der Waals surface area contributed by atoms with E-state index in [2.05, 4.69) is 112 Å². The molecule has 2 amide bonds. The number of fused-ring (bicyclic) bond motifs is 6. The SMILES string of the molecule is Cn1cnc(Cn2ccc3ccc(CN)cc32)c1.Cn1cnc(Cn2ccc3ccc(CNCc4[nH]c5ccccc5c4C4NC(=O)c5ccc(O)cc54)cc32)c1.O=Cc1[nH]c2ccccc2c1C1NC(=O)c2ccc(O)cc21. The van der Waals surface area contributed by atoms with Gasteiger partial charge in [0.25, 0.3) is 11.8 Å². The van der Waals surface area contributed by atoms with Crippen LogP contribution in [0.15, 0.2) is 171 Å². The Balaban J connectivity index is 0.000000131. The number of para-hydroxylation sites is 2. The number of nitrogens with zero attached hydrogens (tertiary/aromatic N) is 6. The van der Waals surface area contributed by atoms with E-state index in [9.17, 15) is 24.6 Å². The number of aryl methyl sites for hydroxylation is 2. The average Bonchev–Trinajstić information content (AvgIpc) is 4.56. The lowest BCUT2D eigenvalue weighted by Crippen LogP contribution is -2.22. The van der Waals surface area contributed by atoms with E-state index >= 15 is 0 Å². The first-order chi connectivity index (χ1) is 38.5. The number of benzene rings is 6. The van der Waals surface area contributed by atoms with Gasteiger partial charge in [-0.3, -0.25) is 14.4 Å². The Morgan fingerprint density at radius 2 is 1.13 bits per heavy atom. The van der Waals surface area contributed by atoms with Gasteiger partial charge in [-0.25, -0.2) is 9.97 Å². The van der Waals surface area contributed by atoms with E-state index in [1.165, 1.54) is 33.4 Å². The van der Waals surface area contributed by atoms with E-state index in [-0.39, 0.29) is 29.4 Å². The van der Waals surface area contributed by atoms with Crippen molar-refractivity contribution in [3.8, 4) is 11.5 Å². The van der Waals surface area contributed by atoms with Gasteiger partial charge in [-0.05, 0) is 106 Å². The van der Waals surface area contributed by atoms with E-state index in [4.69, 9.17) is 5.73 Å². The molecule has 0 aliphatic carbocycles. The largest absolute Gasteiger partial charge is 0.508 e. The van der Waals surface area contributed by atoms with Gasteiger partial charge in [-0.15, -0.1) is 0 Å². The van der Waals surface area contributed by atoms with Crippen molar-refractivity contribution in [1.29, 1.82) is 0 Å². The zero-order chi connectivity index (χ0) is 54.3. The second-order valence-corrected chi connectivity index (χ2v) is 20.1. The molecule has 12 aromatic rings. The summed E-state index contributed by atoms with van der Waals surface area (Å²) >= 11 is 0. The molecule has 0 saturated carbocycles. The number of rotatable bonds is 12. The molecular weight excluding hydrogens is 993 g/mol. The van der Waals surface area contributed by atoms with E-state index in [0.717, 1.165) is 80.5 Å². The third-order valence-corrected chi connectivity index (χ3v) is 14.8. The lowest BCUT2D eigenvalue weighted by atomic mass is 9.95. The van der Waals surface area contributed by atoms with Crippen LogP contribution >= 0.6 is 0 Å². The van der Waals surface area contributed by atoms with Gasteiger partial charge in [-0.1, -0.05) is 60.7 Å². The molecule has 2 aliphatic rings. The van der Waals surface area contributed by atoms with Gasteiger partial charge in [0.2, 0.25) is 0 Å². The number of nitrogens with one attached hydrogen (secondary N) is 5. The van der Waals surface area contributed by atoms with Crippen molar-refractivity contribution < 1.29 is 24.6 Å². The third kappa shape index (κ3) is 9.79. The molecule has 6 aromatic heterocycles. The fourth-order valence-corrected chi connectivity index (χ4v) is 11.0. The van der Waals surface area contributed by atoms with E-state index in [1.54, 1.807) is 30.3 Å². The lowest BCUT2D eigenvalue weighted by molar-refractivity contribution is 0.0952. The van der Waals surface area contributed by atoms with Crippen molar-refractivity contribution in [1.82, 2.24) is 54.2 Å². The number of H-pyrrole nitrogens is 2. The summed E-state index contributed by atoms with van der Waals surface area (Å²) in [4.78, 5) is 51.7. The summed E-state index contributed by atoms with van der Waals surface area (Å²) in [6.07, 6.45) is 12.7. The quantitative estimate of drug-likeness (QED) is 0.0545. The van der Waals surface area contributed by atoms with Crippen LogP contribution in [0.1, 0.15) is 93.8 Å². The maximum Gasteiger partial charge on any atom is 0.252 e. The zero-order valence-corrected chi connectivity index (χ0v) is 43.3. The number of carbonyl (C=O) groups is 3. The van der Waals surface area contributed by atoms with Gasteiger partial charge in [0.1, 0.15) is 11.5 Å². The number of nitrogens with two attached hydrogens (primary N) is 1. The number of hydrogen-bond donors (Lipinski definition) is 8. The predicted octanol–water partition coefficient (Wildman–Crippen LogP) is 9.13. The van der Waals surface area contributed by atoms with Crippen LogP contribution in [0.3, 0.4) is 0 Å². The molecule has 0 saturated heterocycles. The van der Waals surface area contributed by atoms with Crippen molar-refractivity contribution in [2.24, 2.45) is 19.8 Å². The van der Waals surface area contributed by atoms with Crippen LogP contribution in [0.4, 0.5) is 0 Å². The second kappa shape index (κ2) is 20.9. The summed E-state index contributed by atoms with van der Waals surface area (Å²) in [6.45, 7) is 3.37. The number of imidazole rings is 2. The molecule has 17 nitrogen and oxygen atoms in total. The lowest BCUT2D eigenvalue weighted by Gasteiger charge is -2.15. The molecule has 0 fully saturated rings. The molecule has 79 heavy (non-hydrogen) atoms. The Hall–Kier alpha value is -9.97. The van der Waals surface area contributed by atoms with Gasteiger partial charge in [0.15, 0.2) is 6.29 Å². The molecule has 14 rings (SSSR count). The van der Waals surface area contributed by atoms with Crippen molar-refractivity contribution >= 4 is 61.7 Å². The number of aromatic nitrogens is 8. The molecule has 0 spiro atoms. The average molecular weight is 1050 g/mol. The van der Waals surface area contributed by atoms with E-state index in [1.807, 2.05) is 90.7 Å². The fraction of sp³-hybridized carbons (Fsp3) is 0.145. The summed E-state index contributed by atoms with van der Waals surface area (Å²) in [6, 6.07) is 41.6. The molecule has 8 heterocycles. The molecule has 394 valence electrons. The maximum absolute atomic E-state index is 12.7. The monoisotopic (exact) mass is 1050 g/mol. The maximum atomic E-state index is 12.7. The highest BCUT2D eigenvalue weighted by molar-refractivity contribution is 6.03. The Bertz CT molecular complexity index is 4280. The summed E-state index contributed by atoms with van der Waals surface area (Å²) in [5.74, 6) is -0.0889. The number of phenolic OH excluding ortho intramolecular Hbond substituents is 2. The Labute approximate surface area is 453 Å². The van der Waals surface area contributed by atoms with Crippen LogP contribution < -0.4 is 21.7 Å². The van der Waals surface area contributed by atoms with Gasteiger partial charge in [0.05, 0.1) is 54.9 Å². The molecule has 0 radical (unpaired) electrons. The van der Waals surface area contributed by atoms with Crippen molar-refractivity contribution in [3.63, 3.8) is 0 Å². The first-order valence-electron chi connectivity index (χ1n) is 25.9. The van der Waals surface area contributed by atoms with Crippen LogP contribution in [0.5, 0.6) is 11.5 Å². The van der Waals surface area contributed by atoms with E-state index in [0.29, 0.717) is 42.0 Å². The van der Waals surface area contributed by atoms with Crippen molar-refractivity contribution in [2.45, 2.75) is 44.8 Å². The minimum Gasteiger partial charge on any atom is -0.508 e. The summed E-state index contributed by atoms with van der Waals surface area (Å²) in [5, 5.41) is 33.9. The number of hydrogen-bond acceptors (Lipinski definition) is 9. The van der Waals surface area contributed by atoms with Gasteiger partial charge in [-0.2, -0.15) is 0 Å². The number of carbonyl (C=O) groups excluding carboxylic acids is 3. The first kappa shape index (κ1) is 49.9. The number of aldehydes is 1. The highest BCUT2D eigenvalue weighted by Crippen LogP contribution is 2.40. The molecular formula is C62H56N12O5.